The van der Waals surface area contributed by atoms with E-state index in [2.05, 4.69) is 10.3 Å². The molecule has 0 saturated heterocycles. The second-order valence-electron chi connectivity index (χ2n) is 6.22. The average molecular weight is 423 g/mol. The van der Waals surface area contributed by atoms with Crippen molar-refractivity contribution >= 4 is 23.6 Å². The molecule has 0 aliphatic heterocycles. The number of carbonyl (C=O) groups is 2. The molecule has 3 rings (SSSR count). The number of methoxy groups -OCH3 is 1. The molecule has 7 nitrogen and oxygen atoms in total. The number of pyridine rings is 1. The Morgan fingerprint density at radius 2 is 1.87 bits per heavy atom. The summed E-state index contributed by atoms with van der Waals surface area (Å²) in [6.07, 6.45) is 1.75. The molecule has 0 unspecified atom stereocenters. The maximum atomic E-state index is 12.4. The maximum Gasteiger partial charge on any atom is 0.255 e. The quantitative estimate of drug-likeness (QED) is 0.548. The lowest BCUT2D eigenvalue weighted by Gasteiger charge is -2.12. The highest BCUT2D eigenvalue weighted by Gasteiger charge is 2.10. The van der Waals surface area contributed by atoms with E-state index in [0.29, 0.717) is 23.6 Å². The number of aromatic nitrogens is 1. The molecular formula is C22H21N3O4S. The van der Waals surface area contributed by atoms with E-state index in [1.54, 1.807) is 36.5 Å². The molecule has 0 saturated carbocycles. The number of benzene rings is 2. The number of amides is 2. The van der Waals surface area contributed by atoms with E-state index in [0.717, 1.165) is 15.5 Å². The first-order valence-corrected chi connectivity index (χ1v) is 9.92. The van der Waals surface area contributed by atoms with Gasteiger partial charge < -0.3 is 20.5 Å². The van der Waals surface area contributed by atoms with Gasteiger partial charge in [0.25, 0.3) is 11.8 Å². The average Bonchev–Trinajstić information content (AvgIpc) is 2.77. The summed E-state index contributed by atoms with van der Waals surface area (Å²) in [5, 5.41) is 3.77. The Labute approximate surface area is 178 Å². The molecule has 8 heteroatoms. The van der Waals surface area contributed by atoms with E-state index in [-0.39, 0.29) is 12.5 Å². The van der Waals surface area contributed by atoms with Crippen LogP contribution in [0, 0.1) is 0 Å². The minimum atomic E-state index is -0.571. The third-order valence-electron chi connectivity index (χ3n) is 4.03. The number of rotatable bonds is 9. The Morgan fingerprint density at radius 1 is 1.07 bits per heavy atom. The van der Waals surface area contributed by atoms with Crippen molar-refractivity contribution in [2.75, 3.05) is 13.7 Å². The molecule has 0 radical (unpaired) electrons. The molecular weight excluding hydrogens is 402 g/mol. The van der Waals surface area contributed by atoms with E-state index >= 15 is 0 Å². The fourth-order valence-corrected chi connectivity index (χ4v) is 3.35. The van der Waals surface area contributed by atoms with Gasteiger partial charge in [-0.05, 0) is 54.1 Å². The number of hydrogen-bond acceptors (Lipinski definition) is 6. The van der Waals surface area contributed by atoms with Crippen molar-refractivity contribution in [3.8, 4) is 11.5 Å². The predicted octanol–water partition coefficient (Wildman–Crippen LogP) is 3.04. The first-order valence-electron chi connectivity index (χ1n) is 9.10. The smallest absolute Gasteiger partial charge is 0.255 e. The summed E-state index contributed by atoms with van der Waals surface area (Å²) in [6.45, 7) is 0.0801. The van der Waals surface area contributed by atoms with Crippen LogP contribution in [0.15, 0.2) is 76.8 Å². The molecule has 3 aromatic rings. The van der Waals surface area contributed by atoms with Gasteiger partial charge in [0, 0.05) is 23.2 Å². The van der Waals surface area contributed by atoms with Gasteiger partial charge >= 0.3 is 0 Å². The summed E-state index contributed by atoms with van der Waals surface area (Å²) >= 11 is 1.53. The largest absolute Gasteiger partial charge is 0.493 e. The Morgan fingerprint density at radius 3 is 2.53 bits per heavy atom. The van der Waals surface area contributed by atoms with E-state index in [1.165, 1.54) is 18.9 Å². The van der Waals surface area contributed by atoms with Crippen LogP contribution in [0.3, 0.4) is 0 Å². The third-order valence-corrected chi connectivity index (χ3v) is 4.99. The van der Waals surface area contributed by atoms with Crippen LogP contribution >= 0.6 is 11.8 Å². The van der Waals surface area contributed by atoms with Gasteiger partial charge in [0.1, 0.15) is 5.03 Å². The first-order chi connectivity index (χ1) is 14.5. The maximum absolute atomic E-state index is 12.4. The molecule has 1 heterocycles. The van der Waals surface area contributed by atoms with Crippen molar-refractivity contribution in [1.29, 1.82) is 0 Å². The highest BCUT2D eigenvalue weighted by Crippen LogP contribution is 2.28. The van der Waals surface area contributed by atoms with Crippen LogP contribution in [0.5, 0.6) is 11.5 Å². The van der Waals surface area contributed by atoms with E-state index in [4.69, 9.17) is 15.2 Å². The summed E-state index contributed by atoms with van der Waals surface area (Å²) < 4.78 is 10.6. The number of primary amides is 1. The molecule has 0 aliphatic rings. The molecule has 1 aromatic heterocycles. The van der Waals surface area contributed by atoms with Crippen molar-refractivity contribution < 1.29 is 19.1 Å². The Bertz CT molecular complexity index is 1010. The van der Waals surface area contributed by atoms with Crippen LogP contribution in [0.25, 0.3) is 0 Å². The zero-order chi connectivity index (χ0) is 21.3. The second-order valence-corrected chi connectivity index (χ2v) is 7.31. The zero-order valence-corrected chi connectivity index (χ0v) is 17.1. The number of nitrogens with two attached hydrogens (primary N) is 1. The minimum Gasteiger partial charge on any atom is -0.493 e. The molecule has 154 valence electrons. The predicted molar refractivity (Wildman–Crippen MR) is 114 cm³/mol. The van der Waals surface area contributed by atoms with Gasteiger partial charge in [0.05, 0.1) is 7.11 Å². The molecule has 0 spiro atoms. The van der Waals surface area contributed by atoms with Crippen LogP contribution in [-0.4, -0.2) is 30.5 Å². The van der Waals surface area contributed by atoms with Gasteiger partial charge in [-0.25, -0.2) is 4.98 Å². The van der Waals surface area contributed by atoms with Gasteiger partial charge in [0.2, 0.25) is 0 Å². The minimum absolute atomic E-state index is 0.183. The number of hydrogen-bond donors (Lipinski definition) is 2. The summed E-state index contributed by atoms with van der Waals surface area (Å²) in [4.78, 5) is 28.6. The van der Waals surface area contributed by atoms with Gasteiger partial charge in [-0.2, -0.15) is 0 Å². The number of ether oxygens (including phenoxy) is 2. The van der Waals surface area contributed by atoms with Crippen molar-refractivity contribution in [3.05, 3.63) is 78.0 Å². The van der Waals surface area contributed by atoms with Gasteiger partial charge in [-0.1, -0.05) is 23.9 Å². The normalized spacial score (nSPS) is 10.3. The van der Waals surface area contributed by atoms with Crippen LogP contribution in [0.1, 0.15) is 15.9 Å². The van der Waals surface area contributed by atoms with Crippen LogP contribution in [0.4, 0.5) is 0 Å². The monoisotopic (exact) mass is 423 g/mol. The lowest BCUT2D eigenvalue weighted by Crippen LogP contribution is -2.23. The molecule has 0 bridgehead atoms. The van der Waals surface area contributed by atoms with Gasteiger partial charge in [-0.3, -0.25) is 9.59 Å². The first kappa shape index (κ1) is 21.2. The SMILES string of the molecule is COc1cc(CNC(=O)c2ccc(Sc3ccccn3)cc2)ccc1OCC(N)=O. The lowest BCUT2D eigenvalue weighted by atomic mass is 10.1. The summed E-state index contributed by atoms with van der Waals surface area (Å²) in [5.74, 6) is 0.113. The van der Waals surface area contributed by atoms with Crippen molar-refractivity contribution in [1.82, 2.24) is 10.3 Å². The van der Waals surface area contributed by atoms with E-state index in [9.17, 15) is 9.59 Å². The van der Waals surface area contributed by atoms with Crippen LogP contribution in [-0.2, 0) is 11.3 Å². The number of nitrogens with zero attached hydrogens (tertiary/aromatic N) is 1. The fourth-order valence-electron chi connectivity index (χ4n) is 2.58. The van der Waals surface area contributed by atoms with Gasteiger partial charge in [-0.15, -0.1) is 0 Å². The zero-order valence-electron chi connectivity index (χ0n) is 16.3. The van der Waals surface area contributed by atoms with E-state index in [1.807, 2.05) is 30.3 Å². The highest BCUT2D eigenvalue weighted by molar-refractivity contribution is 7.99. The standard InChI is InChI=1S/C22H21N3O4S/c1-28-19-12-15(5-10-18(19)29-14-20(23)26)13-25-22(27)16-6-8-17(9-7-16)30-21-4-2-3-11-24-21/h2-12H,13-14H2,1H3,(H2,23,26)(H,25,27). The molecule has 2 aromatic carbocycles. The van der Waals surface area contributed by atoms with Gasteiger partial charge in [0.15, 0.2) is 18.1 Å². The summed E-state index contributed by atoms with van der Waals surface area (Å²) in [5.41, 5.74) is 6.48. The fraction of sp³-hybridized carbons (Fsp3) is 0.136. The molecule has 0 fully saturated rings. The third kappa shape index (κ3) is 5.99. The molecule has 0 aliphatic carbocycles. The second kappa shape index (κ2) is 10.3. The molecule has 2 amide bonds. The lowest BCUT2D eigenvalue weighted by molar-refractivity contribution is -0.119. The van der Waals surface area contributed by atoms with Crippen molar-refractivity contribution in [2.24, 2.45) is 5.73 Å². The molecule has 0 atom stereocenters. The molecule has 30 heavy (non-hydrogen) atoms. The Balaban J connectivity index is 1.57. The number of carbonyl (C=O) groups excluding carboxylic acids is 2. The number of nitrogens with one attached hydrogen (secondary N) is 1. The van der Waals surface area contributed by atoms with Crippen LogP contribution < -0.4 is 20.5 Å². The Kier molecular flexibility index (Phi) is 7.29. The Hall–Kier alpha value is -3.52. The highest BCUT2D eigenvalue weighted by atomic mass is 32.2. The topological polar surface area (TPSA) is 104 Å². The van der Waals surface area contributed by atoms with Crippen molar-refractivity contribution in [3.63, 3.8) is 0 Å². The van der Waals surface area contributed by atoms with Crippen molar-refractivity contribution in [2.45, 2.75) is 16.5 Å². The molecule has 3 N–H and O–H groups in total. The van der Waals surface area contributed by atoms with E-state index < -0.39 is 5.91 Å². The summed E-state index contributed by atoms with van der Waals surface area (Å²) in [6, 6.07) is 18.3. The van der Waals surface area contributed by atoms with Crippen LogP contribution in [0.2, 0.25) is 0 Å². The summed E-state index contributed by atoms with van der Waals surface area (Å²) in [7, 11) is 1.50.